The van der Waals surface area contributed by atoms with E-state index >= 15 is 0 Å². The monoisotopic (exact) mass is 436 g/mol. The Morgan fingerprint density at radius 1 is 1.00 bits per heavy atom. The lowest BCUT2D eigenvalue weighted by Crippen LogP contribution is -2.14. The summed E-state index contributed by atoms with van der Waals surface area (Å²) in [4.78, 5) is 4.29. The predicted molar refractivity (Wildman–Crippen MR) is 115 cm³/mol. The van der Waals surface area contributed by atoms with Gasteiger partial charge in [-0.05, 0) is 54.4 Å². The first-order valence-corrected chi connectivity index (χ1v) is 9.46. The molecule has 0 saturated carbocycles. The second-order valence-corrected chi connectivity index (χ2v) is 6.58. The predicted octanol–water partition coefficient (Wildman–Crippen LogP) is 5.56. The molecule has 0 spiro atoms. The van der Waals surface area contributed by atoms with Crippen molar-refractivity contribution in [3.63, 3.8) is 0 Å². The Bertz CT molecular complexity index is 893. The third-order valence-corrected chi connectivity index (χ3v) is 4.31. The maximum absolute atomic E-state index is 13.0. The van der Waals surface area contributed by atoms with Crippen molar-refractivity contribution in [2.24, 2.45) is 0 Å². The van der Waals surface area contributed by atoms with Gasteiger partial charge in [0.1, 0.15) is 12.4 Å². The number of halogens is 3. The van der Waals surface area contributed by atoms with Crippen molar-refractivity contribution in [3.05, 3.63) is 88.5 Å². The summed E-state index contributed by atoms with van der Waals surface area (Å²) in [6, 6.07) is 15.8. The van der Waals surface area contributed by atoms with Crippen molar-refractivity contribution >= 4 is 24.0 Å². The molecule has 0 fully saturated rings. The lowest BCUT2D eigenvalue weighted by molar-refractivity contribution is 0.269. The van der Waals surface area contributed by atoms with Gasteiger partial charge in [0.15, 0.2) is 11.5 Å². The molecule has 0 saturated heterocycles. The molecule has 0 amide bonds. The fourth-order valence-corrected chi connectivity index (χ4v) is 2.99. The number of hydrogen-bond acceptors (Lipinski definition) is 4. The first kappa shape index (κ1) is 22.9. The van der Waals surface area contributed by atoms with Gasteiger partial charge >= 0.3 is 0 Å². The summed E-state index contributed by atoms with van der Waals surface area (Å²) in [5.41, 5.74) is 2.80. The maximum atomic E-state index is 13.0. The number of aromatic nitrogens is 1. The lowest BCUT2D eigenvalue weighted by Gasteiger charge is -2.16. The van der Waals surface area contributed by atoms with E-state index in [0.717, 1.165) is 16.8 Å². The number of ether oxygens (including phenoxy) is 2. The molecule has 4 nitrogen and oxygen atoms in total. The van der Waals surface area contributed by atoms with Gasteiger partial charge in [-0.3, -0.25) is 4.98 Å². The molecule has 0 unspecified atom stereocenters. The van der Waals surface area contributed by atoms with E-state index in [9.17, 15) is 4.39 Å². The zero-order chi connectivity index (χ0) is 19.8. The zero-order valence-electron chi connectivity index (χ0n) is 16.0. The molecule has 1 aromatic heterocycles. The molecule has 29 heavy (non-hydrogen) atoms. The second-order valence-electron chi connectivity index (χ2n) is 6.18. The topological polar surface area (TPSA) is 43.4 Å². The molecule has 1 heterocycles. The fraction of sp³-hybridized carbons (Fsp3) is 0.227. The van der Waals surface area contributed by atoms with Gasteiger partial charge in [0, 0.05) is 19.3 Å². The Morgan fingerprint density at radius 2 is 1.79 bits per heavy atom. The first-order valence-electron chi connectivity index (χ1n) is 9.08. The zero-order valence-corrected chi connectivity index (χ0v) is 17.6. The Labute approximate surface area is 181 Å². The summed E-state index contributed by atoms with van der Waals surface area (Å²) < 4.78 is 24.6. The van der Waals surface area contributed by atoms with Gasteiger partial charge in [0.2, 0.25) is 0 Å². The van der Waals surface area contributed by atoms with Crippen LogP contribution >= 0.6 is 24.0 Å². The molecule has 0 aliphatic rings. The number of pyridine rings is 1. The van der Waals surface area contributed by atoms with Crippen LogP contribution in [0.4, 0.5) is 4.39 Å². The van der Waals surface area contributed by atoms with Gasteiger partial charge in [-0.2, -0.15) is 0 Å². The van der Waals surface area contributed by atoms with Crippen molar-refractivity contribution in [2.75, 3.05) is 6.61 Å². The maximum Gasteiger partial charge on any atom is 0.180 e. The molecule has 154 valence electrons. The largest absolute Gasteiger partial charge is 0.490 e. The van der Waals surface area contributed by atoms with Crippen LogP contribution in [0.25, 0.3) is 0 Å². The van der Waals surface area contributed by atoms with Crippen molar-refractivity contribution in [1.82, 2.24) is 10.3 Å². The van der Waals surface area contributed by atoms with Crippen molar-refractivity contribution in [2.45, 2.75) is 26.6 Å². The third kappa shape index (κ3) is 6.89. The van der Waals surface area contributed by atoms with Gasteiger partial charge in [0.25, 0.3) is 0 Å². The molecule has 0 bridgehead atoms. The fourth-order valence-electron chi connectivity index (χ4n) is 2.70. The molecule has 0 radical (unpaired) electrons. The van der Waals surface area contributed by atoms with Gasteiger partial charge in [-0.15, -0.1) is 12.4 Å². The quantitative estimate of drug-likeness (QED) is 0.476. The van der Waals surface area contributed by atoms with E-state index in [4.69, 9.17) is 21.1 Å². The highest BCUT2D eigenvalue weighted by Crippen LogP contribution is 2.37. The number of nitrogens with zero attached hydrogens (tertiary/aromatic N) is 1. The number of rotatable bonds is 9. The Morgan fingerprint density at radius 3 is 2.48 bits per heavy atom. The van der Waals surface area contributed by atoms with E-state index in [1.54, 1.807) is 18.3 Å². The van der Waals surface area contributed by atoms with Crippen molar-refractivity contribution in [3.8, 4) is 11.5 Å². The van der Waals surface area contributed by atoms with Gasteiger partial charge in [0.05, 0.1) is 17.3 Å². The Kier molecular flexibility index (Phi) is 9.19. The molecular formula is C22H23Cl2FN2O2. The minimum absolute atomic E-state index is 0. The SMILES string of the molecule is CCOc1cc(CNCc2ccccn2)cc(Cl)c1OCc1ccc(F)cc1.Cl. The molecule has 7 heteroatoms. The van der Waals surface area contributed by atoms with Crippen molar-refractivity contribution in [1.29, 1.82) is 0 Å². The van der Waals surface area contributed by atoms with E-state index < -0.39 is 0 Å². The van der Waals surface area contributed by atoms with Gasteiger partial charge < -0.3 is 14.8 Å². The average Bonchev–Trinajstić information content (AvgIpc) is 2.70. The van der Waals surface area contributed by atoms with Gasteiger partial charge in [-0.1, -0.05) is 29.8 Å². The number of nitrogens with one attached hydrogen (secondary N) is 1. The average molecular weight is 437 g/mol. The van der Waals surface area contributed by atoms with Crippen LogP contribution < -0.4 is 14.8 Å². The van der Waals surface area contributed by atoms with Gasteiger partial charge in [-0.25, -0.2) is 4.39 Å². The van der Waals surface area contributed by atoms with E-state index in [-0.39, 0.29) is 24.8 Å². The van der Waals surface area contributed by atoms with Crippen LogP contribution in [0.1, 0.15) is 23.7 Å². The molecule has 3 rings (SSSR count). The molecular weight excluding hydrogens is 414 g/mol. The smallest absolute Gasteiger partial charge is 0.180 e. The number of hydrogen-bond donors (Lipinski definition) is 1. The van der Waals surface area contributed by atoms with Crippen LogP contribution in [0.2, 0.25) is 5.02 Å². The van der Waals surface area contributed by atoms with Crippen LogP contribution in [-0.2, 0) is 19.7 Å². The summed E-state index contributed by atoms with van der Waals surface area (Å²) in [6.45, 7) is 3.95. The molecule has 0 aliphatic heterocycles. The third-order valence-electron chi connectivity index (χ3n) is 4.03. The van der Waals surface area contributed by atoms with E-state index in [1.807, 2.05) is 37.3 Å². The van der Waals surface area contributed by atoms with Crippen LogP contribution in [0.5, 0.6) is 11.5 Å². The molecule has 0 aliphatic carbocycles. The highest BCUT2D eigenvalue weighted by molar-refractivity contribution is 6.32. The Hall–Kier alpha value is -2.34. The first-order chi connectivity index (χ1) is 13.7. The van der Waals surface area contributed by atoms with E-state index in [0.29, 0.717) is 36.2 Å². The minimum Gasteiger partial charge on any atom is -0.490 e. The number of benzene rings is 2. The highest BCUT2D eigenvalue weighted by atomic mass is 35.5. The van der Waals surface area contributed by atoms with Crippen LogP contribution in [0.15, 0.2) is 60.8 Å². The molecule has 0 atom stereocenters. The van der Waals surface area contributed by atoms with Crippen LogP contribution in [0, 0.1) is 5.82 Å². The highest BCUT2D eigenvalue weighted by Gasteiger charge is 2.13. The van der Waals surface area contributed by atoms with Crippen molar-refractivity contribution < 1.29 is 13.9 Å². The summed E-state index contributed by atoms with van der Waals surface area (Å²) in [6.07, 6.45) is 1.77. The molecule has 2 aromatic carbocycles. The Balaban J connectivity index is 0.00000300. The van der Waals surface area contributed by atoms with Crippen LogP contribution in [0.3, 0.4) is 0 Å². The lowest BCUT2D eigenvalue weighted by atomic mass is 10.2. The normalized spacial score (nSPS) is 10.3. The van der Waals surface area contributed by atoms with Crippen LogP contribution in [-0.4, -0.2) is 11.6 Å². The standard InChI is InChI=1S/C22H22ClFN2O2.ClH/c1-2-27-21-12-17(13-25-14-19-5-3-4-10-26-19)11-20(23)22(21)28-15-16-6-8-18(24)9-7-16;/h3-12,25H,2,13-15H2,1H3;1H. The minimum atomic E-state index is -0.278. The summed E-state index contributed by atoms with van der Waals surface area (Å²) in [7, 11) is 0. The summed E-state index contributed by atoms with van der Waals surface area (Å²) in [5.74, 6) is 0.799. The van der Waals surface area contributed by atoms with E-state index in [1.165, 1.54) is 12.1 Å². The van der Waals surface area contributed by atoms with E-state index in [2.05, 4.69) is 10.3 Å². The molecule has 3 aromatic rings. The second kappa shape index (κ2) is 11.6. The summed E-state index contributed by atoms with van der Waals surface area (Å²) in [5, 5.41) is 3.82. The summed E-state index contributed by atoms with van der Waals surface area (Å²) >= 11 is 6.45. The molecule has 1 N–H and O–H groups in total.